The topological polar surface area (TPSA) is 77.0 Å². The second-order valence-corrected chi connectivity index (χ2v) is 8.46. The van der Waals surface area contributed by atoms with Gasteiger partial charge in [-0.25, -0.2) is 9.97 Å². The minimum atomic E-state index is 0.0445. The Balaban J connectivity index is 1.33. The van der Waals surface area contributed by atoms with Crippen LogP contribution in [0.25, 0.3) is 11.1 Å². The normalized spacial score (nSPS) is 18.2. The molecule has 0 saturated heterocycles. The Hall–Kier alpha value is -3.28. The lowest BCUT2D eigenvalue weighted by Crippen LogP contribution is -2.32. The molecular formula is C26H30N4O2. The van der Waals surface area contributed by atoms with Crippen molar-refractivity contribution in [3.8, 4) is 16.9 Å². The number of carbonyl (C=O) groups is 1. The molecule has 1 aromatic carbocycles. The summed E-state index contributed by atoms with van der Waals surface area (Å²) < 4.78 is 5.35. The number of aryl methyl sites for hydroxylation is 1. The molecule has 166 valence electrons. The van der Waals surface area contributed by atoms with Crippen molar-refractivity contribution in [1.82, 2.24) is 20.3 Å². The number of aromatic nitrogens is 3. The highest BCUT2D eigenvalue weighted by atomic mass is 16.5. The summed E-state index contributed by atoms with van der Waals surface area (Å²) in [5.74, 6) is 2.53. The van der Waals surface area contributed by atoms with Crippen LogP contribution in [0, 0.1) is 12.8 Å². The zero-order chi connectivity index (χ0) is 22.3. The van der Waals surface area contributed by atoms with E-state index in [-0.39, 0.29) is 5.91 Å². The van der Waals surface area contributed by atoms with Crippen LogP contribution in [0.5, 0.6) is 5.75 Å². The lowest BCUT2D eigenvalue weighted by molar-refractivity contribution is -0.120. The van der Waals surface area contributed by atoms with Crippen LogP contribution in [0.1, 0.15) is 48.7 Å². The Morgan fingerprint density at radius 2 is 1.84 bits per heavy atom. The standard InChI is InChI=1S/C26H30N4O2/c1-18-28-17-23(20-11-13-27-14-12-20)26(30-18)21-9-7-19(8-10-21)16-29-25(31)15-22-5-3-4-6-24(22)32-2/h3-6,11-14,17,19,21H,7-10,15-16H2,1-2H3,(H,29,31). The molecule has 1 N–H and O–H groups in total. The number of benzene rings is 1. The number of hydrogen-bond donors (Lipinski definition) is 1. The van der Waals surface area contributed by atoms with Gasteiger partial charge in [-0.2, -0.15) is 0 Å². The molecule has 32 heavy (non-hydrogen) atoms. The van der Waals surface area contributed by atoms with Crippen molar-refractivity contribution < 1.29 is 9.53 Å². The van der Waals surface area contributed by atoms with Crippen molar-refractivity contribution in [2.45, 2.75) is 44.9 Å². The first kappa shape index (κ1) is 21.9. The molecule has 0 spiro atoms. The summed E-state index contributed by atoms with van der Waals surface area (Å²) in [6, 6.07) is 11.7. The average Bonchev–Trinajstić information content (AvgIpc) is 2.84. The fourth-order valence-electron chi connectivity index (χ4n) is 4.54. The highest BCUT2D eigenvalue weighted by molar-refractivity contribution is 5.79. The number of pyridine rings is 1. The first-order chi connectivity index (χ1) is 15.6. The molecule has 4 rings (SSSR count). The molecule has 6 nitrogen and oxygen atoms in total. The van der Waals surface area contributed by atoms with E-state index in [4.69, 9.17) is 9.72 Å². The van der Waals surface area contributed by atoms with Crippen LogP contribution in [0.4, 0.5) is 0 Å². The van der Waals surface area contributed by atoms with E-state index < -0.39 is 0 Å². The van der Waals surface area contributed by atoms with Crippen LogP contribution in [0.15, 0.2) is 55.0 Å². The van der Waals surface area contributed by atoms with E-state index in [9.17, 15) is 4.79 Å². The van der Waals surface area contributed by atoms with E-state index in [0.29, 0.717) is 18.3 Å². The van der Waals surface area contributed by atoms with Gasteiger partial charge in [-0.15, -0.1) is 0 Å². The maximum absolute atomic E-state index is 12.5. The third kappa shape index (κ3) is 5.31. The molecular weight excluding hydrogens is 400 g/mol. The van der Waals surface area contributed by atoms with E-state index >= 15 is 0 Å². The number of amides is 1. The van der Waals surface area contributed by atoms with Crippen LogP contribution in [0.3, 0.4) is 0 Å². The van der Waals surface area contributed by atoms with Crippen molar-refractivity contribution in [2.75, 3.05) is 13.7 Å². The molecule has 0 aliphatic heterocycles. The van der Waals surface area contributed by atoms with Crippen LogP contribution in [0.2, 0.25) is 0 Å². The number of ether oxygens (including phenoxy) is 1. The Morgan fingerprint density at radius 1 is 1.09 bits per heavy atom. The molecule has 6 heteroatoms. The first-order valence-corrected chi connectivity index (χ1v) is 11.3. The van der Waals surface area contributed by atoms with Crippen LogP contribution < -0.4 is 10.1 Å². The van der Waals surface area contributed by atoms with Gasteiger partial charge in [0, 0.05) is 42.2 Å². The molecule has 0 unspecified atom stereocenters. The van der Waals surface area contributed by atoms with Crippen molar-refractivity contribution in [3.63, 3.8) is 0 Å². The quantitative estimate of drug-likeness (QED) is 0.598. The largest absolute Gasteiger partial charge is 0.496 e. The number of nitrogens with zero attached hydrogens (tertiary/aromatic N) is 3. The highest BCUT2D eigenvalue weighted by Gasteiger charge is 2.26. The smallest absolute Gasteiger partial charge is 0.224 e. The summed E-state index contributed by atoms with van der Waals surface area (Å²) >= 11 is 0. The molecule has 3 aromatic rings. The van der Waals surface area contributed by atoms with Crippen LogP contribution >= 0.6 is 0 Å². The predicted molar refractivity (Wildman–Crippen MR) is 124 cm³/mol. The summed E-state index contributed by atoms with van der Waals surface area (Å²) in [4.78, 5) is 25.8. The Bertz CT molecular complexity index is 1050. The van der Waals surface area contributed by atoms with Crippen molar-refractivity contribution in [3.05, 3.63) is 72.1 Å². The van der Waals surface area contributed by atoms with E-state index in [2.05, 4.69) is 15.3 Å². The van der Waals surface area contributed by atoms with E-state index in [1.54, 1.807) is 7.11 Å². The highest BCUT2D eigenvalue weighted by Crippen LogP contribution is 2.38. The fraction of sp³-hybridized carbons (Fsp3) is 0.385. The van der Waals surface area contributed by atoms with Crippen molar-refractivity contribution >= 4 is 5.91 Å². The lowest BCUT2D eigenvalue weighted by atomic mass is 9.79. The van der Waals surface area contributed by atoms with Gasteiger partial charge in [0.2, 0.25) is 5.91 Å². The third-order valence-corrected chi connectivity index (χ3v) is 6.29. The summed E-state index contributed by atoms with van der Waals surface area (Å²) in [7, 11) is 1.63. The lowest BCUT2D eigenvalue weighted by Gasteiger charge is -2.29. The molecule has 2 heterocycles. The third-order valence-electron chi connectivity index (χ3n) is 6.29. The minimum absolute atomic E-state index is 0.0445. The maximum atomic E-state index is 12.5. The summed E-state index contributed by atoms with van der Waals surface area (Å²) in [5.41, 5.74) is 4.27. The van der Waals surface area contributed by atoms with Gasteiger partial charge in [-0.3, -0.25) is 9.78 Å². The fourth-order valence-corrected chi connectivity index (χ4v) is 4.54. The number of para-hydroxylation sites is 1. The van der Waals surface area contributed by atoms with Crippen molar-refractivity contribution in [1.29, 1.82) is 0 Å². The zero-order valence-electron chi connectivity index (χ0n) is 18.8. The molecule has 1 aliphatic rings. The van der Waals surface area contributed by atoms with Gasteiger partial charge in [-0.1, -0.05) is 18.2 Å². The van der Waals surface area contributed by atoms with Gasteiger partial charge in [-0.05, 0) is 62.3 Å². The number of carbonyl (C=O) groups excluding carboxylic acids is 1. The van der Waals surface area contributed by atoms with Gasteiger partial charge in [0.1, 0.15) is 11.6 Å². The van der Waals surface area contributed by atoms with Crippen molar-refractivity contribution in [2.24, 2.45) is 5.92 Å². The van der Waals surface area contributed by atoms with Gasteiger partial charge in [0.15, 0.2) is 0 Å². The summed E-state index contributed by atoms with van der Waals surface area (Å²) in [5, 5.41) is 3.13. The first-order valence-electron chi connectivity index (χ1n) is 11.3. The summed E-state index contributed by atoms with van der Waals surface area (Å²) in [6.45, 7) is 2.67. The Kier molecular flexibility index (Phi) is 7.10. The molecule has 1 saturated carbocycles. The van der Waals surface area contributed by atoms with Crippen LogP contribution in [-0.2, 0) is 11.2 Å². The van der Waals surface area contributed by atoms with E-state index in [1.165, 1.54) is 0 Å². The molecule has 2 aromatic heterocycles. The molecule has 1 fully saturated rings. The molecule has 0 radical (unpaired) electrons. The van der Waals surface area contributed by atoms with Gasteiger partial charge >= 0.3 is 0 Å². The average molecular weight is 431 g/mol. The molecule has 1 aliphatic carbocycles. The van der Waals surface area contributed by atoms with Gasteiger partial charge < -0.3 is 10.1 Å². The second-order valence-electron chi connectivity index (χ2n) is 8.46. The predicted octanol–water partition coefficient (Wildman–Crippen LogP) is 4.49. The monoisotopic (exact) mass is 430 g/mol. The minimum Gasteiger partial charge on any atom is -0.496 e. The number of nitrogens with one attached hydrogen (secondary N) is 1. The summed E-state index contributed by atoms with van der Waals surface area (Å²) in [6.07, 6.45) is 10.2. The number of hydrogen-bond acceptors (Lipinski definition) is 5. The number of rotatable bonds is 7. The maximum Gasteiger partial charge on any atom is 0.224 e. The number of methoxy groups -OCH3 is 1. The Labute approximate surface area is 189 Å². The molecule has 0 bridgehead atoms. The molecule has 1 amide bonds. The SMILES string of the molecule is COc1ccccc1CC(=O)NCC1CCC(c2nc(C)ncc2-c2ccncc2)CC1. The van der Waals surface area contributed by atoms with Crippen LogP contribution in [-0.4, -0.2) is 34.5 Å². The van der Waals surface area contributed by atoms with E-state index in [0.717, 1.165) is 66.2 Å². The Morgan fingerprint density at radius 3 is 2.59 bits per heavy atom. The second kappa shape index (κ2) is 10.4. The van der Waals surface area contributed by atoms with Gasteiger partial charge in [0.05, 0.1) is 19.2 Å². The van der Waals surface area contributed by atoms with Gasteiger partial charge in [0.25, 0.3) is 0 Å². The zero-order valence-corrected chi connectivity index (χ0v) is 18.8. The molecule has 0 atom stereocenters. The van der Waals surface area contributed by atoms with E-state index in [1.807, 2.05) is 61.9 Å².